The second kappa shape index (κ2) is 8.60. The summed E-state index contributed by atoms with van der Waals surface area (Å²) in [7, 11) is 0. The first kappa shape index (κ1) is 18.8. The minimum atomic E-state index is -0.283. The number of pyridine rings is 1. The maximum atomic E-state index is 12.5. The molecule has 3 aromatic rings. The lowest BCUT2D eigenvalue weighted by molar-refractivity contribution is -0.118. The lowest BCUT2D eigenvalue weighted by Crippen LogP contribution is -2.20. The number of nitrogens with zero attached hydrogens (tertiary/aromatic N) is 1. The van der Waals surface area contributed by atoms with Crippen LogP contribution in [0.2, 0.25) is 0 Å². The third-order valence-electron chi connectivity index (χ3n) is 3.80. The third-order valence-corrected chi connectivity index (χ3v) is 4.49. The molecule has 1 N–H and O–H groups in total. The van der Waals surface area contributed by atoms with Crippen molar-refractivity contribution in [3.63, 3.8) is 0 Å². The molecule has 0 radical (unpaired) electrons. The summed E-state index contributed by atoms with van der Waals surface area (Å²) in [4.78, 5) is 28.6. The molecule has 0 fully saturated rings. The van der Waals surface area contributed by atoms with Crippen molar-refractivity contribution >= 4 is 33.3 Å². The van der Waals surface area contributed by atoms with Crippen LogP contribution in [0, 0.1) is 6.92 Å². The number of carbonyl (C=O) groups is 2. The molecule has 0 aliphatic rings. The highest BCUT2D eigenvalue weighted by Gasteiger charge is 2.12. The Morgan fingerprint density at radius 2 is 1.78 bits per heavy atom. The number of ether oxygens (including phenoxy) is 1. The first-order valence-corrected chi connectivity index (χ1v) is 9.07. The van der Waals surface area contributed by atoms with Crippen molar-refractivity contribution in [2.75, 3.05) is 11.9 Å². The summed E-state index contributed by atoms with van der Waals surface area (Å²) in [6, 6.07) is 17.6. The van der Waals surface area contributed by atoms with Crippen LogP contribution >= 0.6 is 15.9 Å². The van der Waals surface area contributed by atoms with E-state index in [1.165, 1.54) is 0 Å². The quantitative estimate of drug-likeness (QED) is 0.595. The van der Waals surface area contributed by atoms with Crippen molar-refractivity contribution in [1.82, 2.24) is 4.98 Å². The number of rotatable bonds is 6. The zero-order valence-electron chi connectivity index (χ0n) is 14.6. The molecule has 6 heteroatoms. The van der Waals surface area contributed by atoms with Gasteiger partial charge in [-0.15, -0.1) is 0 Å². The monoisotopic (exact) mass is 424 g/mol. The molecule has 1 heterocycles. The van der Waals surface area contributed by atoms with Crippen molar-refractivity contribution in [3.8, 4) is 5.75 Å². The smallest absolute Gasteiger partial charge is 0.262 e. The van der Waals surface area contributed by atoms with Crippen LogP contribution in [0.1, 0.15) is 21.6 Å². The number of benzene rings is 2. The summed E-state index contributed by atoms with van der Waals surface area (Å²) in [6.07, 6.45) is 1.59. The van der Waals surface area contributed by atoms with Gasteiger partial charge in [-0.2, -0.15) is 0 Å². The molecule has 5 nitrogen and oxygen atoms in total. The number of amides is 1. The van der Waals surface area contributed by atoms with E-state index in [9.17, 15) is 9.59 Å². The molecule has 0 bridgehead atoms. The van der Waals surface area contributed by atoms with Crippen molar-refractivity contribution in [2.45, 2.75) is 6.92 Å². The van der Waals surface area contributed by atoms with E-state index in [0.29, 0.717) is 22.6 Å². The minimum absolute atomic E-state index is 0.0846. The van der Waals surface area contributed by atoms with Crippen molar-refractivity contribution < 1.29 is 14.3 Å². The van der Waals surface area contributed by atoms with E-state index in [0.717, 1.165) is 10.2 Å². The van der Waals surface area contributed by atoms with Gasteiger partial charge in [0.05, 0.1) is 11.9 Å². The Morgan fingerprint density at radius 1 is 1.04 bits per heavy atom. The molecule has 3 rings (SSSR count). The number of hydrogen-bond donors (Lipinski definition) is 1. The highest BCUT2D eigenvalue weighted by molar-refractivity contribution is 9.10. The van der Waals surface area contributed by atoms with E-state index >= 15 is 0 Å². The number of carbonyl (C=O) groups excluding carboxylic acids is 2. The molecule has 0 atom stereocenters. The summed E-state index contributed by atoms with van der Waals surface area (Å²) in [5.74, 6) is 0.142. The fourth-order valence-electron chi connectivity index (χ4n) is 2.39. The zero-order chi connectivity index (χ0) is 19.2. The number of aryl methyl sites for hydroxylation is 1. The number of aromatic nitrogens is 1. The molecule has 2 aromatic carbocycles. The molecule has 0 aliphatic carbocycles. The molecule has 0 spiro atoms. The molecule has 0 saturated carbocycles. The van der Waals surface area contributed by atoms with Crippen LogP contribution in [0.3, 0.4) is 0 Å². The van der Waals surface area contributed by atoms with Gasteiger partial charge >= 0.3 is 0 Å². The van der Waals surface area contributed by atoms with Crippen LogP contribution in [-0.4, -0.2) is 23.3 Å². The summed E-state index contributed by atoms with van der Waals surface area (Å²) in [5.41, 5.74) is 2.63. The fraction of sp³-hybridized carbons (Fsp3) is 0.0952. The lowest BCUT2D eigenvalue weighted by atomic mass is 10.0. The average molecular weight is 425 g/mol. The molecular weight excluding hydrogens is 408 g/mol. The summed E-state index contributed by atoms with van der Waals surface area (Å²) < 4.78 is 6.22. The van der Waals surface area contributed by atoms with Gasteiger partial charge in [0.25, 0.3) is 5.91 Å². The maximum absolute atomic E-state index is 12.5. The Labute approximate surface area is 165 Å². The van der Waals surface area contributed by atoms with E-state index in [-0.39, 0.29) is 18.3 Å². The number of halogens is 1. The summed E-state index contributed by atoms with van der Waals surface area (Å²) in [6.45, 7) is 1.74. The van der Waals surface area contributed by atoms with Crippen molar-refractivity contribution in [3.05, 3.63) is 88.2 Å². The zero-order valence-corrected chi connectivity index (χ0v) is 16.2. The highest BCUT2D eigenvalue weighted by atomic mass is 79.9. The van der Waals surface area contributed by atoms with E-state index in [1.807, 2.05) is 31.2 Å². The van der Waals surface area contributed by atoms with E-state index < -0.39 is 0 Å². The summed E-state index contributed by atoms with van der Waals surface area (Å²) in [5, 5.41) is 2.71. The normalized spacial score (nSPS) is 10.3. The van der Waals surface area contributed by atoms with Gasteiger partial charge in [-0.05, 0) is 55.5 Å². The molecule has 0 saturated heterocycles. The van der Waals surface area contributed by atoms with Crippen LogP contribution in [0.5, 0.6) is 5.75 Å². The lowest BCUT2D eigenvalue weighted by Gasteiger charge is -2.08. The van der Waals surface area contributed by atoms with Crippen LogP contribution in [-0.2, 0) is 4.79 Å². The van der Waals surface area contributed by atoms with Crippen LogP contribution in [0.15, 0.2) is 71.3 Å². The van der Waals surface area contributed by atoms with Gasteiger partial charge in [0.2, 0.25) is 0 Å². The predicted molar refractivity (Wildman–Crippen MR) is 107 cm³/mol. The van der Waals surface area contributed by atoms with Gasteiger partial charge in [0.15, 0.2) is 12.4 Å². The molecule has 136 valence electrons. The standard InChI is InChI=1S/C21H17BrN2O3/c1-14-6-9-16(12-23-14)24-20(25)13-27-17-10-7-15(8-11-17)21(26)18-4-2-3-5-19(18)22/h2-12H,13H2,1H3,(H,24,25). The van der Waals surface area contributed by atoms with Gasteiger partial charge in [0.1, 0.15) is 5.75 Å². The topological polar surface area (TPSA) is 68.3 Å². The van der Waals surface area contributed by atoms with Crippen LogP contribution in [0.25, 0.3) is 0 Å². The van der Waals surface area contributed by atoms with Crippen LogP contribution < -0.4 is 10.1 Å². The highest BCUT2D eigenvalue weighted by Crippen LogP contribution is 2.21. The van der Waals surface area contributed by atoms with E-state index in [4.69, 9.17) is 4.74 Å². The van der Waals surface area contributed by atoms with Gasteiger partial charge in [0, 0.05) is 21.3 Å². The number of nitrogens with one attached hydrogen (secondary N) is 1. The predicted octanol–water partition coefficient (Wildman–Crippen LogP) is 4.40. The molecule has 27 heavy (non-hydrogen) atoms. The second-order valence-electron chi connectivity index (χ2n) is 5.86. The van der Waals surface area contributed by atoms with Gasteiger partial charge in [-0.3, -0.25) is 14.6 Å². The molecule has 0 aliphatic heterocycles. The Kier molecular flexibility index (Phi) is 5.98. The fourth-order valence-corrected chi connectivity index (χ4v) is 2.86. The first-order chi connectivity index (χ1) is 13.0. The minimum Gasteiger partial charge on any atom is -0.484 e. The Hall–Kier alpha value is -2.99. The molecular formula is C21H17BrN2O3. The van der Waals surface area contributed by atoms with E-state index in [1.54, 1.807) is 42.6 Å². The average Bonchev–Trinajstić information content (AvgIpc) is 2.68. The number of ketones is 1. The Morgan fingerprint density at radius 3 is 2.44 bits per heavy atom. The van der Waals surface area contributed by atoms with E-state index in [2.05, 4.69) is 26.2 Å². The first-order valence-electron chi connectivity index (χ1n) is 8.27. The van der Waals surface area contributed by atoms with Gasteiger partial charge in [-0.1, -0.05) is 28.1 Å². The SMILES string of the molecule is Cc1ccc(NC(=O)COc2ccc(C(=O)c3ccccc3Br)cc2)cn1. The Balaban J connectivity index is 1.57. The second-order valence-corrected chi connectivity index (χ2v) is 6.71. The maximum Gasteiger partial charge on any atom is 0.262 e. The Bertz CT molecular complexity index is 954. The largest absolute Gasteiger partial charge is 0.484 e. The molecule has 1 amide bonds. The number of anilines is 1. The number of hydrogen-bond acceptors (Lipinski definition) is 4. The molecule has 0 unspecified atom stereocenters. The summed E-state index contributed by atoms with van der Waals surface area (Å²) >= 11 is 3.39. The van der Waals surface area contributed by atoms with Gasteiger partial charge < -0.3 is 10.1 Å². The van der Waals surface area contributed by atoms with Crippen molar-refractivity contribution in [1.29, 1.82) is 0 Å². The van der Waals surface area contributed by atoms with Crippen LogP contribution in [0.4, 0.5) is 5.69 Å². The molecule has 1 aromatic heterocycles. The van der Waals surface area contributed by atoms with Crippen molar-refractivity contribution in [2.24, 2.45) is 0 Å². The van der Waals surface area contributed by atoms with Gasteiger partial charge in [-0.25, -0.2) is 0 Å². The third kappa shape index (κ3) is 5.01.